The number of nitrogens with one attached hydrogen (secondary N) is 1. The van der Waals surface area contributed by atoms with Gasteiger partial charge in [-0.2, -0.15) is 5.26 Å². The van der Waals surface area contributed by atoms with Crippen molar-refractivity contribution >= 4 is 12.0 Å². The molecule has 0 saturated carbocycles. The van der Waals surface area contributed by atoms with Gasteiger partial charge in [0.05, 0.1) is 27.0 Å². The average molecular weight is 354 g/mol. The van der Waals surface area contributed by atoms with E-state index in [1.165, 1.54) is 26.6 Å². The molecule has 0 bridgehead atoms. The summed E-state index contributed by atoms with van der Waals surface area (Å²) in [6, 6.07) is 8.49. The molecule has 0 radical (unpaired) electrons. The molecule has 0 aliphatic carbocycles. The van der Waals surface area contributed by atoms with Gasteiger partial charge in [0.1, 0.15) is 17.4 Å². The van der Waals surface area contributed by atoms with Gasteiger partial charge in [-0.15, -0.1) is 0 Å². The summed E-state index contributed by atoms with van der Waals surface area (Å²) >= 11 is 0. The Bertz CT molecular complexity index is 836. The smallest absolute Gasteiger partial charge is 0.262 e. The number of allylic oxidation sites excluding steroid dienone is 2. The Kier molecular flexibility index (Phi) is 6.46. The number of hydrogen-bond acceptors (Lipinski definition) is 6. The molecule has 1 amide bonds. The molecule has 0 saturated heterocycles. The Morgan fingerprint density at radius 1 is 1.35 bits per heavy atom. The van der Waals surface area contributed by atoms with Gasteiger partial charge in [-0.05, 0) is 35.9 Å². The van der Waals surface area contributed by atoms with Crippen LogP contribution in [0.3, 0.4) is 0 Å². The van der Waals surface area contributed by atoms with Crippen LogP contribution in [0.1, 0.15) is 11.3 Å². The second kappa shape index (κ2) is 8.99. The van der Waals surface area contributed by atoms with Gasteiger partial charge in [0, 0.05) is 0 Å². The van der Waals surface area contributed by atoms with Crippen LogP contribution >= 0.6 is 0 Å². The Labute approximate surface area is 150 Å². The van der Waals surface area contributed by atoms with Gasteiger partial charge >= 0.3 is 0 Å². The number of benzene rings is 1. The number of furan rings is 1. The molecule has 0 aliphatic heterocycles. The number of hydrogen-bond donors (Lipinski definition) is 2. The first-order valence-electron chi connectivity index (χ1n) is 7.63. The maximum Gasteiger partial charge on any atom is 0.262 e. The fourth-order valence-corrected chi connectivity index (χ4v) is 2.10. The van der Waals surface area contributed by atoms with Gasteiger partial charge in [-0.25, -0.2) is 0 Å². The van der Waals surface area contributed by atoms with Crippen LogP contribution in [0.25, 0.3) is 6.08 Å². The second-order valence-corrected chi connectivity index (χ2v) is 5.09. The normalized spacial score (nSPS) is 11.2. The SMILES string of the molecule is COc1cc(/C=C/C=C(\C#N)C(=O)NCc2ccco2)cc(OC)c1O. The first-order valence-corrected chi connectivity index (χ1v) is 7.63. The standard InChI is InChI=1S/C19H18N2O5/c1-24-16-9-13(10-17(25-2)18(16)22)5-3-6-14(11-20)19(23)21-12-15-7-4-8-26-15/h3-10,22H,12H2,1-2H3,(H,21,23)/b5-3+,14-6+. The fraction of sp³-hybridized carbons (Fsp3) is 0.158. The maximum absolute atomic E-state index is 12.0. The molecule has 2 aromatic rings. The highest BCUT2D eigenvalue weighted by molar-refractivity contribution is 5.97. The summed E-state index contributed by atoms with van der Waals surface area (Å²) in [7, 11) is 2.86. The van der Waals surface area contributed by atoms with E-state index in [9.17, 15) is 9.90 Å². The van der Waals surface area contributed by atoms with E-state index in [2.05, 4.69) is 5.32 Å². The van der Waals surface area contributed by atoms with E-state index >= 15 is 0 Å². The van der Waals surface area contributed by atoms with Crippen molar-refractivity contribution in [2.45, 2.75) is 6.54 Å². The number of ether oxygens (including phenoxy) is 2. The van der Waals surface area contributed by atoms with Crippen LogP contribution in [-0.2, 0) is 11.3 Å². The van der Waals surface area contributed by atoms with Crippen LogP contribution in [0.5, 0.6) is 17.2 Å². The van der Waals surface area contributed by atoms with Gasteiger partial charge in [0.2, 0.25) is 5.75 Å². The Hall–Kier alpha value is -3.66. The number of carbonyl (C=O) groups is 1. The van der Waals surface area contributed by atoms with Crippen LogP contribution < -0.4 is 14.8 Å². The number of amides is 1. The van der Waals surface area contributed by atoms with E-state index in [4.69, 9.17) is 19.2 Å². The molecule has 1 aromatic heterocycles. The number of rotatable bonds is 7. The highest BCUT2D eigenvalue weighted by atomic mass is 16.5. The van der Waals surface area contributed by atoms with E-state index in [1.807, 2.05) is 6.07 Å². The number of nitrogens with zero attached hydrogens (tertiary/aromatic N) is 1. The van der Waals surface area contributed by atoms with E-state index < -0.39 is 5.91 Å². The number of aromatic hydroxyl groups is 1. The molecule has 0 atom stereocenters. The lowest BCUT2D eigenvalue weighted by molar-refractivity contribution is -0.117. The number of phenols is 1. The average Bonchev–Trinajstić information content (AvgIpc) is 3.17. The third kappa shape index (κ3) is 4.68. The summed E-state index contributed by atoms with van der Waals surface area (Å²) < 4.78 is 15.3. The Balaban J connectivity index is 2.10. The van der Waals surface area contributed by atoms with E-state index in [1.54, 1.807) is 36.4 Å². The molecule has 134 valence electrons. The fourth-order valence-electron chi connectivity index (χ4n) is 2.10. The summed E-state index contributed by atoms with van der Waals surface area (Å²) in [5, 5.41) is 21.6. The van der Waals surface area contributed by atoms with Crippen LogP contribution in [0.2, 0.25) is 0 Å². The molecular formula is C19H18N2O5. The summed E-state index contributed by atoms with van der Waals surface area (Å²) in [6.07, 6.45) is 6.10. The molecule has 0 fully saturated rings. The van der Waals surface area contributed by atoms with Gasteiger partial charge in [-0.3, -0.25) is 4.79 Å². The van der Waals surface area contributed by atoms with E-state index in [0.717, 1.165) is 0 Å². The first-order chi connectivity index (χ1) is 12.6. The molecule has 0 spiro atoms. The topological polar surface area (TPSA) is 105 Å². The van der Waals surface area contributed by atoms with E-state index in [-0.39, 0.29) is 29.4 Å². The van der Waals surface area contributed by atoms with Gasteiger partial charge in [0.15, 0.2) is 11.5 Å². The molecule has 1 aromatic carbocycles. The zero-order valence-corrected chi connectivity index (χ0v) is 14.4. The Morgan fingerprint density at radius 2 is 2.04 bits per heavy atom. The van der Waals surface area contributed by atoms with Crippen LogP contribution in [0.4, 0.5) is 0 Å². The van der Waals surface area contributed by atoms with Gasteiger partial charge < -0.3 is 24.3 Å². The van der Waals surface area contributed by atoms with Crippen molar-refractivity contribution in [1.29, 1.82) is 5.26 Å². The highest BCUT2D eigenvalue weighted by Gasteiger charge is 2.10. The number of carbonyl (C=O) groups excluding carboxylic acids is 1. The van der Waals surface area contributed by atoms with Crippen LogP contribution in [0.15, 0.2) is 52.7 Å². The number of methoxy groups -OCH3 is 2. The summed E-state index contributed by atoms with van der Waals surface area (Å²) in [5.74, 6) is 0.496. The number of nitriles is 1. The van der Waals surface area contributed by atoms with Crippen LogP contribution in [0, 0.1) is 11.3 Å². The van der Waals surface area contributed by atoms with Crippen molar-refractivity contribution in [3.63, 3.8) is 0 Å². The molecular weight excluding hydrogens is 336 g/mol. The van der Waals surface area contributed by atoms with Crippen molar-refractivity contribution in [3.8, 4) is 23.3 Å². The van der Waals surface area contributed by atoms with Gasteiger partial charge in [-0.1, -0.05) is 12.2 Å². The monoisotopic (exact) mass is 354 g/mol. The molecule has 26 heavy (non-hydrogen) atoms. The molecule has 2 N–H and O–H groups in total. The summed E-state index contributed by atoms with van der Waals surface area (Å²) in [5.41, 5.74) is 0.617. The molecule has 0 aliphatic rings. The third-order valence-corrected chi connectivity index (χ3v) is 3.42. The largest absolute Gasteiger partial charge is 0.502 e. The van der Waals surface area contributed by atoms with Crippen molar-refractivity contribution in [3.05, 3.63) is 59.6 Å². The summed E-state index contributed by atoms with van der Waals surface area (Å²) in [6.45, 7) is 0.195. The molecule has 7 heteroatoms. The lowest BCUT2D eigenvalue weighted by Crippen LogP contribution is -2.23. The van der Waals surface area contributed by atoms with E-state index in [0.29, 0.717) is 11.3 Å². The predicted molar refractivity (Wildman–Crippen MR) is 94.5 cm³/mol. The van der Waals surface area contributed by atoms with Crippen molar-refractivity contribution in [2.75, 3.05) is 14.2 Å². The van der Waals surface area contributed by atoms with Crippen LogP contribution in [-0.4, -0.2) is 25.2 Å². The minimum absolute atomic E-state index is 0.0504. The zero-order chi connectivity index (χ0) is 18.9. The highest BCUT2D eigenvalue weighted by Crippen LogP contribution is 2.37. The van der Waals surface area contributed by atoms with Crippen molar-refractivity contribution in [1.82, 2.24) is 5.32 Å². The van der Waals surface area contributed by atoms with Crippen molar-refractivity contribution < 1.29 is 23.8 Å². The lowest BCUT2D eigenvalue weighted by Gasteiger charge is -2.09. The first kappa shape index (κ1) is 18.7. The molecule has 0 unspecified atom stereocenters. The minimum atomic E-state index is -0.505. The molecule has 1 heterocycles. The maximum atomic E-state index is 12.0. The number of phenolic OH excluding ortho intramolecular Hbond substituents is 1. The van der Waals surface area contributed by atoms with Crippen molar-refractivity contribution in [2.24, 2.45) is 0 Å². The quantitative estimate of drug-likeness (QED) is 0.450. The van der Waals surface area contributed by atoms with Gasteiger partial charge in [0.25, 0.3) is 5.91 Å². The second-order valence-electron chi connectivity index (χ2n) is 5.09. The minimum Gasteiger partial charge on any atom is -0.502 e. The molecule has 2 rings (SSSR count). The zero-order valence-electron chi connectivity index (χ0n) is 14.4. The summed E-state index contributed by atoms with van der Waals surface area (Å²) in [4.78, 5) is 12.0. The Morgan fingerprint density at radius 3 is 2.58 bits per heavy atom. The third-order valence-electron chi connectivity index (χ3n) is 3.42. The predicted octanol–water partition coefficient (Wildman–Crippen LogP) is 2.78. The molecule has 7 nitrogen and oxygen atoms in total. The lowest BCUT2D eigenvalue weighted by atomic mass is 10.1.